The third-order valence-corrected chi connectivity index (χ3v) is 6.29. The number of rotatable bonds is 5. The minimum Gasteiger partial charge on any atom is -0.493 e. The summed E-state index contributed by atoms with van der Waals surface area (Å²) in [4.78, 5) is 3.94. The van der Waals surface area contributed by atoms with Crippen LogP contribution in [-0.2, 0) is 10.0 Å². The third kappa shape index (κ3) is 3.12. The zero-order valence-corrected chi connectivity index (χ0v) is 12.3. The van der Waals surface area contributed by atoms with Crippen molar-refractivity contribution in [1.82, 2.24) is 9.29 Å². The molecule has 1 aliphatic heterocycles. The lowest BCUT2D eigenvalue weighted by molar-refractivity contribution is 0.180. The summed E-state index contributed by atoms with van der Waals surface area (Å²) in [6, 6.07) is 3.64. The van der Waals surface area contributed by atoms with Gasteiger partial charge >= 0.3 is 0 Å². The molecule has 0 bridgehead atoms. The Balaban J connectivity index is 1.55. The van der Waals surface area contributed by atoms with Crippen molar-refractivity contribution in [3.05, 3.63) is 24.5 Å². The molecule has 1 aromatic rings. The predicted molar refractivity (Wildman–Crippen MR) is 76.0 cm³/mol. The van der Waals surface area contributed by atoms with E-state index in [0.717, 1.165) is 31.4 Å². The molecule has 1 aromatic heterocycles. The van der Waals surface area contributed by atoms with Crippen LogP contribution in [0.25, 0.3) is 0 Å². The maximum Gasteiger partial charge on any atom is 0.216 e. The average Bonchev–Trinajstić information content (AvgIpc) is 3.32. The van der Waals surface area contributed by atoms with E-state index in [-0.39, 0.29) is 11.2 Å². The second-order valence-electron chi connectivity index (χ2n) is 5.60. The van der Waals surface area contributed by atoms with E-state index >= 15 is 0 Å². The van der Waals surface area contributed by atoms with Gasteiger partial charge in [-0.2, -0.15) is 0 Å². The highest BCUT2D eigenvalue weighted by Crippen LogP contribution is 2.33. The summed E-state index contributed by atoms with van der Waals surface area (Å²) >= 11 is 0. The number of piperidine rings is 1. The topological polar surface area (TPSA) is 59.5 Å². The number of aromatic nitrogens is 1. The Hall–Kier alpha value is -1.14. The van der Waals surface area contributed by atoms with Gasteiger partial charge in [0.05, 0.1) is 11.9 Å². The molecule has 1 saturated carbocycles. The van der Waals surface area contributed by atoms with Crippen LogP contribution in [0.4, 0.5) is 0 Å². The average molecular weight is 296 g/mol. The first-order chi connectivity index (χ1) is 9.66. The van der Waals surface area contributed by atoms with E-state index in [1.54, 1.807) is 16.7 Å². The molecular weight excluding hydrogens is 276 g/mol. The molecule has 20 heavy (non-hydrogen) atoms. The first-order valence-corrected chi connectivity index (χ1v) is 8.68. The van der Waals surface area contributed by atoms with Crippen molar-refractivity contribution in [3.63, 3.8) is 0 Å². The van der Waals surface area contributed by atoms with Gasteiger partial charge in [0.2, 0.25) is 10.0 Å². The van der Waals surface area contributed by atoms with Gasteiger partial charge in [-0.1, -0.05) is 0 Å². The Morgan fingerprint density at radius 3 is 2.70 bits per heavy atom. The van der Waals surface area contributed by atoms with Crippen LogP contribution in [-0.4, -0.2) is 42.7 Å². The monoisotopic (exact) mass is 296 g/mol. The lowest BCUT2D eigenvalue weighted by Gasteiger charge is -2.31. The number of hydrogen-bond acceptors (Lipinski definition) is 4. The zero-order chi connectivity index (χ0) is 14.0. The van der Waals surface area contributed by atoms with Gasteiger partial charge in [0.15, 0.2) is 0 Å². The van der Waals surface area contributed by atoms with Crippen molar-refractivity contribution in [2.45, 2.75) is 30.9 Å². The molecule has 6 heteroatoms. The SMILES string of the molecule is O=S(=O)(C1CC1)N1CCCC(COc2ccncc2)C1. The Labute approximate surface area is 120 Å². The second kappa shape index (κ2) is 5.69. The van der Waals surface area contributed by atoms with Crippen LogP contribution in [0.1, 0.15) is 25.7 Å². The van der Waals surface area contributed by atoms with Crippen LogP contribution in [0.3, 0.4) is 0 Å². The van der Waals surface area contributed by atoms with Crippen LogP contribution >= 0.6 is 0 Å². The molecule has 1 saturated heterocycles. The van der Waals surface area contributed by atoms with Gasteiger partial charge in [0, 0.05) is 31.4 Å². The molecule has 5 nitrogen and oxygen atoms in total. The second-order valence-corrected chi connectivity index (χ2v) is 7.82. The summed E-state index contributed by atoms with van der Waals surface area (Å²) in [7, 11) is -3.04. The van der Waals surface area contributed by atoms with Crippen LogP contribution in [0.15, 0.2) is 24.5 Å². The first-order valence-electron chi connectivity index (χ1n) is 7.18. The van der Waals surface area contributed by atoms with E-state index in [1.165, 1.54) is 0 Å². The molecule has 0 aromatic carbocycles. The summed E-state index contributed by atoms with van der Waals surface area (Å²) in [5.74, 6) is 1.08. The largest absolute Gasteiger partial charge is 0.493 e. The van der Waals surface area contributed by atoms with Gasteiger partial charge in [0.1, 0.15) is 5.75 Å². The molecule has 0 radical (unpaired) electrons. The molecule has 1 aliphatic carbocycles. The smallest absolute Gasteiger partial charge is 0.216 e. The Kier molecular flexibility index (Phi) is 3.94. The molecule has 0 spiro atoms. The summed E-state index contributed by atoms with van der Waals surface area (Å²) in [6.45, 7) is 1.84. The zero-order valence-electron chi connectivity index (χ0n) is 11.4. The Morgan fingerprint density at radius 1 is 1.25 bits per heavy atom. The van der Waals surface area contributed by atoms with Gasteiger partial charge in [-0.25, -0.2) is 12.7 Å². The summed E-state index contributed by atoms with van der Waals surface area (Å²) in [5.41, 5.74) is 0. The highest BCUT2D eigenvalue weighted by molar-refractivity contribution is 7.90. The van der Waals surface area contributed by atoms with Crippen LogP contribution in [0.5, 0.6) is 5.75 Å². The third-order valence-electron chi connectivity index (χ3n) is 3.92. The molecular formula is C14H20N2O3S. The van der Waals surface area contributed by atoms with E-state index < -0.39 is 10.0 Å². The van der Waals surface area contributed by atoms with Crippen LogP contribution in [0.2, 0.25) is 0 Å². The van der Waals surface area contributed by atoms with Gasteiger partial charge in [-0.15, -0.1) is 0 Å². The minimum atomic E-state index is -3.04. The lowest BCUT2D eigenvalue weighted by Crippen LogP contribution is -2.43. The molecule has 3 rings (SSSR count). The quantitative estimate of drug-likeness (QED) is 0.829. The number of pyridine rings is 1. The highest BCUT2D eigenvalue weighted by Gasteiger charge is 2.41. The van der Waals surface area contributed by atoms with E-state index in [2.05, 4.69) is 4.98 Å². The fourth-order valence-electron chi connectivity index (χ4n) is 2.62. The van der Waals surface area contributed by atoms with Crippen molar-refractivity contribution >= 4 is 10.0 Å². The van der Waals surface area contributed by atoms with Crippen LogP contribution < -0.4 is 4.74 Å². The predicted octanol–water partition coefficient (Wildman–Crippen LogP) is 1.66. The minimum absolute atomic E-state index is 0.109. The Morgan fingerprint density at radius 2 is 2.00 bits per heavy atom. The van der Waals surface area contributed by atoms with E-state index in [9.17, 15) is 8.42 Å². The lowest BCUT2D eigenvalue weighted by atomic mass is 10.0. The van der Waals surface area contributed by atoms with Crippen molar-refractivity contribution < 1.29 is 13.2 Å². The number of ether oxygens (including phenoxy) is 1. The molecule has 110 valence electrons. The first kappa shape index (κ1) is 13.8. The standard InChI is InChI=1S/C14H20N2O3S/c17-20(18,14-3-4-14)16-9-1-2-12(10-16)11-19-13-5-7-15-8-6-13/h5-8,12,14H,1-4,9-11H2. The fraction of sp³-hybridized carbons (Fsp3) is 0.643. The number of hydrogen-bond donors (Lipinski definition) is 0. The number of sulfonamides is 1. The summed E-state index contributed by atoms with van der Waals surface area (Å²) in [5, 5.41) is -0.109. The van der Waals surface area contributed by atoms with Crippen molar-refractivity contribution in [1.29, 1.82) is 0 Å². The van der Waals surface area contributed by atoms with E-state index in [0.29, 0.717) is 19.7 Å². The fourth-order valence-corrected chi connectivity index (χ4v) is 4.57. The van der Waals surface area contributed by atoms with Crippen molar-refractivity contribution in [2.75, 3.05) is 19.7 Å². The molecule has 0 N–H and O–H groups in total. The molecule has 0 amide bonds. The summed E-state index contributed by atoms with van der Waals surface area (Å²) in [6.07, 6.45) is 7.01. The van der Waals surface area contributed by atoms with Gasteiger partial charge in [-0.05, 0) is 37.8 Å². The van der Waals surface area contributed by atoms with Gasteiger partial charge in [0.25, 0.3) is 0 Å². The number of nitrogens with zero attached hydrogens (tertiary/aromatic N) is 2. The Bertz CT molecular complexity index is 543. The molecule has 1 unspecified atom stereocenters. The maximum absolute atomic E-state index is 12.2. The summed E-state index contributed by atoms with van der Waals surface area (Å²) < 4.78 is 31.9. The normalized spacial score (nSPS) is 24.5. The van der Waals surface area contributed by atoms with Crippen molar-refractivity contribution in [2.24, 2.45) is 5.92 Å². The van der Waals surface area contributed by atoms with Crippen LogP contribution in [0, 0.1) is 5.92 Å². The molecule has 2 fully saturated rings. The highest BCUT2D eigenvalue weighted by atomic mass is 32.2. The van der Waals surface area contributed by atoms with Gasteiger partial charge in [-0.3, -0.25) is 4.98 Å². The molecule has 2 heterocycles. The molecule has 1 atom stereocenters. The van der Waals surface area contributed by atoms with E-state index in [4.69, 9.17) is 4.74 Å². The molecule has 2 aliphatic rings. The van der Waals surface area contributed by atoms with Crippen molar-refractivity contribution in [3.8, 4) is 5.75 Å². The van der Waals surface area contributed by atoms with Gasteiger partial charge < -0.3 is 4.74 Å². The maximum atomic E-state index is 12.2. The van der Waals surface area contributed by atoms with E-state index in [1.807, 2.05) is 12.1 Å².